The number of benzene rings is 2. The first-order chi connectivity index (χ1) is 15.6. The number of hydrogen-bond donors (Lipinski definition) is 0. The van der Waals surface area contributed by atoms with E-state index in [4.69, 9.17) is 0 Å². The van der Waals surface area contributed by atoms with E-state index < -0.39 is 0 Å². The normalized spacial score (nSPS) is 23.5. The lowest BCUT2D eigenvalue weighted by atomic mass is 9.69. The van der Waals surface area contributed by atoms with Crippen molar-refractivity contribution in [3.05, 3.63) is 76.9 Å². The van der Waals surface area contributed by atoms with Crippen molar-refractivity contribution in [3.8, 4) is 11.4 Å². The third kappa shape index (κ3) is 2.74. The monoisotopic (exact) mass is 425 g/mol. The first-order valence-corrected chi connectivity index (χ1v) is 13.0. The Kier molecular flexibility index (Phi) is 4.82. The van der Waals surface area contributed by atoms with Crippen LogP contribution >= 0.6 is 0 Å². The number of para-hydroxylation sites is 2. The van der Waals surface area contributed by atoms with E-state index in [1.807, 2.05) is 0 Å². The van der Waals surface area contributed by atoms with Gasteiger partial charge in [0.2, 0.25) is 0 Å². The molecule has 0 spiro atoms. The van der Waals surface area contributed by atoms with Crippen molar-refractivity contribution in [1.29, 1.82) is 0 Å². The quantitative estimate of drug-likeness (QED) is 0.391. The Bertz CT molecular complexity index is 1160. The summed E-state index contributed by atoms with van der Waals surface area (Å²) in [6.07, 6.45) is 12.2. The van der Waals surface area contributed by atoms with Crippen LogP contribution < -0.4 is 4.57 Å². The highest BCUT2D eigenvalue weighted by atomic mass is 15.2. The molecule has 3 aliphatic rings. The van der Waals surface area contributed by atoms with Gasteiger partial charge < -0.3 is 0 Å². The lowest BCUT2D eigenvalue weighted by Gasteiger charge is -2.30. The van der Waals surface area contributed by atoms with E-state index in [2.05, 4.69) is 78.4 Å². The Morgan fingerprint density at radius 1 is 0.812 bits per heavy atom. The Morgan fingerprint density at radius 2 is 1.47 bits per heavy atom. The van der Waals surface area contributed by atoms with Gasteiger partial charge in [0.25, 0.3) is 5.82 Å². The summed E-state index contributed by atoms with van der Waals surface area (Å²) in [5, 5.41) is 0. The topological polar surface area (TPSA) is 8.81 Å². The maximum absolute atomic E-state index is 2.74. The smallest absolute Gasteiger partial charge is 0.196 e. The summed E-state index contributed by atoms with van der Waals surface area (Å²) in [5.41, 5.74) is 8.91. The first-order valence-electron chi connectivity index (χ1n) is 13.0. The molecule has 1 aromatic heterocycles. The van der Waals surface area contributed by atoms with Crippen molar-refractivity contribution in [2.45, 2.75) is 89.9 Å². The molecule has 0 saturated heterocycles. The standard InChI is InChI=1S/C30H37N2/c1-21-13-7-11-19-26(21)31-22(2)28-30(3,24-16-8-9-17-24)25-18-10-12-20-27(25)32(28)29(31)23-14-5-4-6-15-23/h7,10-13,18-20,23-24H,4-6,8-9,14-17H2,1-3H3/q+1. The highest BCUT2D eigenvalue weighted by Gasteiger charge is 2.55. The van der Waals surface area contributed by atoms with Crippen molar-refractivity contribution in [1.82, 2.24) is 4.57 Å². The van der Waals surface area contributed by atoms with Gasteiger partial charge in [0.05, 0.1) is 11.3 Å². The third-order valence-corrected chi connectivity index (χ3v) is 9.05. The number of hydrogen-bond acceptors (Lipinski definition) is 0. The van der Waals surface area contributed by atoms with Crippen molar-refractivity contribution in [2.24, 2.45) is 5.92 Å². The van der Waals surface area contributed by atoms with E-state index in [0.29, 0.717) is 5.92 Å². The van der Waals surface area contributed by atoms with Crippen LogP contribution in [0.3, 0.4) is 0 Å². The maximum atomic E-state index is 2.74. The number of aromatic nitrogens is 2. The van der Waals surface area contributed by atoms with Gasteiger partial charge in [0.1, 0.15) is 17.1 Å². The molecule has 1 aliphatic heterocycles. The molecule has 0 N–H and O–H groups in total. The zero-order valence-electron chi connectivity index (χ0n) is 20.0. The molecule has 6 rings (SSSR count). The molecule has 1 unspecified atom stereocenters. The van der Waals surface area contributed by atoms with Crippen molar-refractivity contribution >= 4 is 0 Å². The maximum Gasteiger partial charge on any atom is 0.270 e. The van der Waals surface area contributed by atoms with Gasteiger partial charge in [-0.05, 0) is 63.1 Å². The molecule has 2 aliphatic carbocycles. The SMILES string of the molecule is Cc1ccccc1-n1c(C)c2[n+](c1C1CCCCC1)-c1ccccc1C2(C)C1CCCC1. The number of imidazole rings is 1. The summed E-state index contributed by atoms with van der Waals surface area (Å²) in [6, 6.07) is 18.4. The molecule has 166 valence electrons. The van der Waals surface area contributed by atoms with E-state index in [-0.39, 0.29) is 5.41 Å². The van der Waals surface area contributed by atoms with E-state index >= 15 is 0 Å². The molecular formula is C30H37N2+. The highest BCUT2D eigenvalue weighted by Crippen LogP contribution is 2.52. The van der Waals surface area contributed by atoms with Crippen LogP contribution in [0.5, 0.6) is 0 Å². The van der Waals surface area contributed by atoms with Crippen LogP contribution in [-0.4, -0.2) is 4.57 Å². The molecule has 32 heavy (non-hydrogen) atoms. The van der Waals surface area contributed by atoms with Gasteiger partial charge in [-0.15, -0.1) is 0 Å². The second-order valence-electron chi connectivity index (χ2n) is 10.8. The van der Waals surface area contributed by atoms with Gasteiger partial charge >= 0.3 is 0 Å². The van der Waals surface area contributed by atoms with E-state index in [9.17, 15) is 0 Å². The first kappa shape index (κ1) is 20.3. The summed E-state index contributed by atoms with van der Waals surface area (Å²) >= 11 is 0. The van der Waals surface area contributed by atoms with Gasteiger partial charge in [-0.3, -0.25) is 0 Å². The average molecular weight is 426 g/mol. The molecule has 0 amide bonds. The van der Waals surface area contributed by atoms with Crippen molar-refractivity contribution in [2.75, 3.05) is 0 Å². The highest BCUT2D eigenvalue weighted by molar-refractivity contribution is 5.54. The Hall–Kier alpha value is -2.35. The fourth-order valence-electron chi connectivity index (χ4n) is 7.50. The zero-order chi connectivity index (χ0) is 21.9. The number of rotatable bonds is 3. The number of fused-ring (bicyclic) bond motifs is 3. The lowest BCUT2D eigenvalue weighted by Crippen LogP contribution is -2.40. The molecule has 2 fully saturated rings. The minimum Gasteiger partial charge on any atom is -0.196 e. The molecule has 1 atom stereocenters. The van der Waals surface area contributed by atoms with Crippen LogP contribution in [-0.2, 0) is 5.41 Å². The van der Waals surface area contributed by atoms with E-state index in [1.54, 1.807) is 17.1 Å². The Morgan fingerprint density at radius 3 is 2.22 bits per heavy atom. The molecule has 2 heteroatoms. The predicted molar refractivity (Wildman–Crippen MR) is 131 cm³/mol. The van der Waals surface area contributed by atoms with Gasteiger partial charge in [-0.2, -0.15) is 9.13 Å². The second-order valence-corrected chi connectivity index (χ2v) is 10.8. The number of nitrogens with zero attached hydrogens (tertiary/aromatic N) is 2. The summed E-state index contributed by atoms with van der Waals surface area (Å²) in [4.78, 5) is 0. The fourth-order valence-corrected chi connectivity index (χ4v) is 7.50. The van der Waals surface area contributed by atoms with Crippen LogP contribution in [0.15, 0.2) is 48.5 Å². The molecule has 2 nitrogen and oxygen atoms in total. The molecule has 2 heterocycles. The third-order valence-electron chi connectivity index (χ3n) is 9.05. The molecule has 3 aromatic rings. The van der Waals surface area contributed by atoms with Gasteiger partial charge in [0.15, 0.2) is 5.69 Å². The van der Waals surface area contributed by atoms with Crippen LogP contribution in [0.4, 0.5) is 0 Å². The minimum atomic E-state index is 0.106. The van der Waals surface area contributed by atoms with E-state index in [0.717, 1.165) is 5.92 Å². The molecule has 2 saturated carbocycles. The van der Waals surface area contributed by atoms with Crippen LogP contribution in [0.25, 0.3) is 11.4 Å². The average Bonchev–Trinajstić information content (AvgIpc) is 3.52. The fraction of sp³-hybridized carbons (Fsp3) is 0.500. The van der Waals surface area contributed by atoms with Gasteiger partial charge in [-0.1, -0.05) is 68.5 Å². The Labute approximate surface area is 193 Å². The Balaban J connectivity index is 1.69. The summed E-state index contributed by atoms with van der Waals surface area (Å²) in [5.74, 6) is 2.92. The lowest BCUT2D eigenvalue weighted by molar-refractivity contribution is -0.610. The summed E-state index contributed by atoms with van der Waals surface area (Å²) in [7, 11) is 0. The molecule has 2 aromatic carbocycles. The zero-order valence-corrected chi connectivity index (χ0v) is 20.0. The van der Waals surface area contributed by atoms with Crippen LogP contribution in [0.2, 0.25) is 0 Å². The van der Waals surface area contributed by atoms with Crippen molar-refractivity contribution < 1.29 is 4.57 Å². The minimum absolute atomic E-state index is 0.106. The van der Waals surface area contributed by atoms with E-state index in [1.165, 1.54) is 80.4 Å². The largest absolute Gasteiger partial charge is 0.270 e. The predicted octanol–water partition coefficient (Wildman–Crippen LogP) is 7.23. The van der Waals surface area contributed by atoms with Gasteiger partial charge in [-0.25, -0.2) is 0 Å². The summed E-state index contributed by atoms with van der Waals surface area (Å²) in [6.45, 7) is 7.25. The second kappa shape index (κ2) is 7.61. The van der Waals surface area contributed by atoms with Gasteiger partial charge in [0, 0.05) is 12.5 Å². The number of aryl methyl sites for hydroxylation is 1. The van der Waals surface area contributed by atoms with Crippen LogP contribution in [0, 0.1) is 19.8 Å². The van der Waals surface area contributed by atoms with Crippen molar-refractivity contribution in [3.63, 3.8) is 0 Å². The molecular weight excluding hydrogens is 388 g/mol. The molecule has 0 bridgehead atoms. The molecule has 0 radical (unpaired) electrons. The van der Waals surface area contributed by atoms with Crippen LogP contribution in [0.1, 0.15) is 99.0 Å². The summed E-state index contributed by atoms with van der Waals surface area (Å²) < 4.78 is 5.41.